The molecule has 3 aromatic rings. The molecule has 0 aliphatic rings. The van der Waals surface area contributed by atoms with E-state index < -0.39 is 0 Å². The Morgan fingerprint density at radius 3 is 2.64 bits per heavy atom. The van der Waals surface area contributed by atoms with E-state index in [-0.39, 0.29) is 11.9 Å². The lowest BCUT2D eigenvalue weighted by molar-refractivity contribution is -0.118. The molecule has 0 saturated carbocycles. The van der Waals surface area contributed by atoms with Gasteiger partial charge in [-0.05, 0) is 49.6 Å². The number of thioether (sulfide) groups is 1. The van der Waals surface area contributed by atoms with Crippen LogP contribution in [0, 0.1) is 0 Å². The van der Waals surface area contributed by atoms with Gasteiger partial charge in [-0.25, -0.2) is 4.98 Å². The van der Waals surface area contributed by atoms with E-state index in [0.717, 1.165) is 16.7 Å². The normalized spacial score (nSPS) is 12.3. The Balaban J connectivity index is 1.79. The molecular formula is C17H17N3OS. The number of imidazole rings is 1. The Labute approximate surface area is 133 Å². The summed E-state index contributed by atoms with van der Waals surface area (Å²) in [5.41, 5.74) is 2.66. The quantitative estimate of drug-likeness (QED) is 0.742. The maximum atomic E-state index is 12.4. The third-order valence-corrected chi connectivity index (χ3v) is 4.38. The average molecular weight is 311 g/mol. The number of para-hydroxylation sites is 2. The first-order valence-electron chi connectivity index (χ1n) is 7.05. The van der Waals surface area contributed by atoms with Crippen LogP contribution in [0.4, 0.5) is 5.69 Å². The molecule has 22 heavy (non-hydrogen) atoms. The van der Waals surface area contributed by atoms with Crippen LogP contribution in [0.5, 0.6) is 0 Å². The number of anilines is 1. The van der Waals surface area contributed by atoms with E-state index >= 15 is 0 Å². The van der Waals surface area contributed by atoms with Gasteiger partial charge in [-0.2, -0.15) is 0 Å². The molecule has 0 fully saturated rings. The number of nitrogens with one attached hydrogen (secondary N) is 1. The number of amides is 1. The predicted molar refractivity (Wildman–Crippen MR) is 91.3 cm³/mol. The van der Waals surface area contributed by atoms with Gasteiger partial charge in [0.15, 0.2) is 0 Å². The Kier molecular flexibility index (Phi) is 4.15. The van der Waals surface area contributed by atoms with Crippen molar-refractivity contribution < 1.29 is 4.79 Å². The molecule has 1 aromatic heterocycles. The number of hydrogen-bond donors (Lipinski definition) is 1. The molecule has 0 aliphatic heterocycles. The molecule has 1 heterocycles. The maximum Gasteiger partial charge on any atom is 0.247 e. The van der Waals surface area contributed by atoms with Gasteiger partial charge < -0.3 is 9.88 Å². The molecule has 112 valence electrons. The summed E-state index contributed by atoms with van der Waals surface area (Å²) in [6.07, 6.45) is 3.74. The molecular weight excluding hydrogens is 294 g/mol. The van der Waals surface area contributed by atoms with Crippen LogP contribution < -0.4 is 5.32 Å². The zero-order chi connectivity index (χ0) is 15.5. The van der Waals surface area contributed by atoms with Gasteiger partial charge in [0.2, 0.25) is 5.91 Å². The lowest BCUT2D eigenvalue weighted by atomic mass is 10.2. The van der Waals surface area contributed by atoms with E-state index in [0.29, 0.717) is 0 Å². The van der Waals surface area contributed by atoms with E-state index in [9.17, 15) is 4.79 Å². The van der Waals surface area contributed by atoms with Gasteiger partial charge in [0.25, 0.3) is 0 Å². The molecule has 4 nitrogen and oxygen atoms in total. The zero-order valence-electron chi connectivity index (χ0n) is 12.5. The number of benzene rings is 2. The molecule has 5 heteroatoms. The van der Waals surface area contributed by atoms with Crippen LogP contribution in [-0.4, -0.2) is 21.7 Å². The summed E-state index contributed by atoms with van der Waals surface area (Å²) in [7, 11) is 0. The third-order valence-electron chi connectivity index (χ3n) is 3.64. The van der Waals surface area contributed by atoms with Crippen molar-refractivity contribution in [2.45, 2.75) is 17.9 Å². The Hall–Kier alpha value is -2.27. The van der Waals surface area contributed by atoms with Crippen molar-refractivity contribution in [2.75, 3.05) is 11.6 Å². The maximum absolute atomic E-state index is 12.4. The highest BCUT2D eigenvalue weighted by atomic mass is 32.2. The molecule has 1 N–H and O–H groups in total. The van der Waals surface area contributed by atoms with Crippen molar-refractivity contribution >= 4 is 34.4 Å². The molecule has 0 radical (unpaired) electrons. The molecule has 1 amide bonds. The zero-order valence-corrected chi connectivity index (χ0v) is 13.3. The van der Waals surface area contributed by atoms with Crippen molar-refractivity contribution in [1.82, 2.24) is 9.55 Å². The highest BCUT2D eigenvalue weighted by molar-refractivity contribution is 7.98. The summed E-state index contributed by atoms with van der Waals surface area (Å²) < 4.78 is 1.89. The Bertz CT molecular complexity index is 795. The van der Waals surface area contributed by atoms with Crippen LogP contribution in [0.25, 0.3) is 11.0 Å². The molecule has 2 aromatic carbocycles. The van der Waals surface area contributed by atoms with Gasteiger partial charge in [0.1, 0.15) is 6.04 Å². The van der Waals surface area contributed by atoms with Crippen LogP contribution >= 0.6 is 11.8 Å². The van der Waals surface area contributed by atoms with Crippen LogP contribution in [0.2, 0.25) is 0 Å². The SMILES string of the molecule is CSc1ccc(NC(=O)[C@@H](C)n2cnc3ccccc32)cc1. The van der Waals surface area contributed by atoms with Gasteiger partial charge in [-0.1, -0.05) is 12.1 Å². The van der Waals surface area contributed by atoms with E-state index in [1.165, 1.54) is 4.90 Å². The van der Waals surface area contributed by atoms with E-state index in [4.69, 9.17) is 0 Å². The Morgan fingerprint density at radius 2 is 1.91 bits per heavy atom. The fourth-order valence-electron chi connectivity index (χ4n) is 2.33. The van der Waals surface area contributed by atoms with Gasteiger partial charge in [-0.15, -0.1) is 11.8 Å². The number of fused-ring (bicyclic) bond motifs is 1. The third kappa shape index (κ3) is 2.85. The summed E-state index contributed by atoms with van der Waals surface area (Å²) in [5, 5.41) is 2.95. The number of rotatable bonds is 4. The first kappa shape index (κ1) is 14.7. The molecule has 0 bridgehead atoms. The molecule has 0 unspecified atom stereocenters. The molecule has 0 aliphatic carbocycles. The minimum absolute atomic E-state index is 0.0555. The monoisotopic (exact) mass is 311 g/mol. The van der Waals surface area contributed by atoms with Crippen LogP contribution in [-0.2, 0) is 4.79 Å². The minimum atomic E-state index is -0.326. The number of nitrogens with zero attached hydrogens (tertiary/aromatic N) is 2. The first-order chi connectivity index (χ1) is 10.7. The first-order valence-corrected chi connectivity index (χ1v) is 8.28. The summed E-state index contributed by atoms with van der Waals surface area (Å²) in [6.45, 7) is 1.87. The number of aromatic nitrogens is 2. The van der Waals surface area contributed by atoms with Crippen molar-refractivity contribution in [3.8, 4) is 0 Å². The molecule has 3 rings (SSSR count). The molecule has 0 spiro atoms. The highest BCUT2D eigenvalue weighted by Gasteiger charge is 2.17. The number of carbonyl (C=O) groups is 1. The fourth-order valence-corrected chi connectivity index (χ4v) is 2.74. The van der Waals surface area contributed by atoms with E-state index in [2.05, 4.69) is 10.3 Å². The van der Waals surface area contributed by atoms with Crippen molar-refractivity contribution in [3.63, 3.8) is 0 Å². The van der Waals surface area contributed by atoms with Crippen LogP contribution in [0.15, 0.2) is 59.8 Å². The fraction of sp³-hybridized carbons (Fsp3) is 0.176. The van der Waals surface area contributed by atoms with E-state index in [1.54, 1.807) is 18.1 Å². The second kappa shape index (κ2) is 6.23. The van der Waals surface area contributed by atoms with Gasteiger partial charge in [0.05, 0.1) is 17.4 Å². The standard InChI is InChI=1S/C17H17N3OS/c1-12(20-11-18-15-5-3-4-6-16(15)20)17(21)19-13-7-9-14(22-2)10-8-13/h3-12H,1-2H3,(H,19,21)/t12-/m1/s1. The summed E-state index contributed by atoms with van der Waals surface area (Å²) in [6, 6.07) is 15.3. The summed E-state index contributed by atoms with van der Waals surface area (Å²) >= 11 is 1.68. The average Bonchev–Trinajstić information content (AvgIpc) is 2.99. The number of carbonyl (C=O) groups excluding carboxylic acids is 1. The molecule has 0 saturated heterocycles. The smallest absolute Gasteiger partial charge is 0.247 e. The van der Waals surface area contributed by atoms with Gasteiger partial charge in [0, 0.05) is 10.6 Å². The lowest BCUT2D eigenvalue weighted by Crippen LogP contribution is -2.23. The van der Waals surface area contributed by atoms with Crippen LogP contribution in [0.1, 0.15) is 13.0 Å². The second-order valence-corrected chi connectivity index (χ2v) is 5.91. The van der Waals surface area contributed by atoms with Crippen molar-refractivity contribution in [1.29, 1.82) is 0 Å². The Morgan fingerprint density at radius 1 is 1.18 bits per heavy atom. The number of hydrogen-bond acceptors (Lipinski definition) is 3. The topological polar surface area (TPSA) is 46.9 Å². The second-order valence-electron chi connectivity index (χ2n) is 5.03. The predicted octanol–water partition coefficient (Wildman–Crippen LogP) is 3.96. The summed E-state index contributed by atoms with van der Waals surface area (Å²) in [5.74, 6) is -0.0555. The summed E-state index contributed by atoms with van der Waals surface area (Å²) in [4.78, 5) is 17.9. The largest absolute Gasteiger partial charge is 0.324 e. The van der Waals surface area contributed by atoms with Crippen molar-refractivity contribution in [2.24, 2.45) is 0 Å². The van der Waals surface area contributed by atoms with Crippen LogP contribution in [0.3, 0.4) is 0 Å². The van der Waals surface area contributed by atoms with Crippen molar-refractivity contribution in [3.05, 3.63) is 54.9 Å². The lowest BCUT2D eigenvalue weighted by Gasteiger charge is -2.14. The highest BCUT2D eigenvalue weighted by Crippen LogP contribution is 2.20. The minimum Gasteiger partial charge on any atom is -0.324 e. The van der Waals surface area contributed by atoms with E-state index in [1.807, 2.05) is 66.3 Å². The van der Waals surface area contributed by atoms with Gasteiger partial charge >= 0.3 is 0 Å². The van der Waals surface area contributed by atoms with Gasteiger partial charge in [-0.3, -0.25) is 4.79 Å². The molecule has 1 atom stereocenters.